The Balaban J connectivity index is 1.93. The van der Waals surface area contributed by atoms with Crippen LogP contribution in [0.3, 0.4) is 0 Å². The molecule has 8 heteroatoms. The molecule has 27 heavy (non-hydrogen) atoms. The molecule has 0 spiro atoms. The Bertz CT molecular complexity index is 687. The highest BCUT2D eigenvalue weighted by Crippen LogP contribution is 2.16. The summed E-state index contributed by atoms with van der Waals surface area (Å²) in [5.74, 6) is -1.00. The first kappa shape index (κ1) is 21.2. The van der Waals surface area contributed by atoms with E-state index < -0.39 is 6.04 Å². The highest BCUT2D eigenvalue weighted by Gasteiger charge is 2.28. The quantitative estimate of drug-likeness (QED) is 0.645. The Labute approximate surface area is 164 Å². The molecule has 1 aliphatic rings. The SMILES string of the molecule is CC(C)C(NC(=O)c1ccccc1Cl)C(=O)NC1CCN(CC(N)=O)CC1. The van der Waals surface area contributed by atoms with Crippen molar-refractivity contribution in [1.82, 2.24) is 15.5 Å². The lowest BCUT2D eigenvalue weighted by atomic mass is 10.00. The van der Waals surface area contributed by atoms with E-state index in [9.17, 15) is 14.4 Å². The van der Waals surface area contributed by atoms with Gasteiger partial charge in [0.15, 0.2) is 0 Å². The molecule has 0 radical (unpaired) electrons. The summed E-state index contributed by atoms with van der Waals surface area (Å²) in [5, 5.41) is 6.15. The topological polar surface area (TPSA) is 105 Å². The predicted molar refractivity (Wildman–Crippen MR) is 104 cm³/mol. The van der Waals surface area contributed by atoms with E-state index in [0.717, 1.165) is 12.8 Å². The predicted octanol–water partition coefficient (Wildman–Crippen LogP) is 1.16. The van der Waals surface area contributed by atoms with Gasteiger partial charge in [-0.25, -0.2) is 0 Å². The zero-order chi connectivity index (χ0) is 20.0. The molecule has 0 bridgehead atoms. The van der Waals surface area contributed by atoms with Gasteiger partial charge < -0.3 is 16.4 Å². The molecule has 2 rings (SSSR count). The van der Waals surface area contributed by atoms with E-state index in [1.807, 2.05) is 18.7 Å². The highest BCUT2D eigenvalue weighted by molar-refractivity contribution is 6.33. The first-order valence-electron chi connectivity index (χ1n) is 9.14. The van der Waals surface area contributed by atoms with Gasteiger partial charge >= 0.3 is 0 Å². The molecule has 7 nitrogen and oxygen atoms in total. The number of benzene rings is 1. The number of rotatable bonds is 7. The number of piperidine rings is 1. The van der Waals surface area contributed by atoms with Crippen LogP contribution in [0.25, 0.3) is 0 Å². The van der Waals surface area contributed by atoms with Crippen molar-refractivity contribution in [3.05, 3.63) is 34.9 Å². The summed E-state index contributed by atoms with van der Waals surface area (Å²) in [6.07, 6.45) is 1.48. The van der Waals surface area contributed by atoms with Gasteiger partial charge in [0, 0.05) is 19.1 Å². The number of hydrogen-bond acceptors (Lipinski definition) is 4. The Morgan fingerprint density at radius 2 is 1.85 bits per heavy atom. The fourth-order valence-corrected chi connectivity index (χ4v) is 3.37. The molecule has 3 amide bonds. The summed E-state index contributed by atoms with van der Waals surface area (Å²) in [7, 11) is 0. The highest BCUT2D eigenvalue weighted by atomic mass is 35.5. The Morgan fingerprint density at radius 3 is 2.41 bits per heavy atom. The molecular weight excluding hydrogens is 368 g/mol. The van der Waals surface area contributed by atoms with Crippen LogP contribution in [0, 0.1) is 5.92 Å². The van der Waals surface area contributed by atoms with Crippen molar-refractivity contribution in [1.29, 1.82) is 0 Å². The molecule has 0 saturated carbocycles. The monoisotopic (exact) mass is 394 g/mol. The lowest BCUT2D eigenvalue weighted by molar-refractivity contribution is -0.125. The van der Waals surface area contributed by atoms with Crippen LogP contribution in [0.1, 0.15) is 37.0 Å². The van der Waals surface area contributed by atoms with E-state index >= 15 is 0 Å². The molecule has 1 saturated heterocycles. The average Bonchev–Trinajstić information content (AvgIpc) is 2.60. The molecule has 1 unspecified atom stereocenters. The van der Waals surface area contributed by atoms with Crippen molar-refractivity contribution >= 4 is 29.3 Å². The Kier molecular flexibility index (Phi) is 7.62. The molecule has 4 N–H and O–H groups in total. The number of nitrogens with two attached hydrogens (primary N) is 1. The van der Waals surface area contributed by atoms with E-state index in [4.69, 9.17) is 17.3 Å². The molecule has 0 aromatic heterocycles. The van der Waals surface area contributed by atoms with Crippen molar-refractivity contribution < 1.29 is 14.4 Å². The maximum Gasteiger partial charge on any atom is 0.253 e. The first-order chi connectivity index (χ1) is 12.8. The summed E-state index contributed by atoms with van der Waals surface area (Å²) in [5.41, 5.74) is 5.56. The third-order valence-electron chi connectivity index (χ3n) is 4.67. The van der Waals surface area contributed by atoms with Gasteiger partial charge in [-0.1, -0.05) is 37.6 Å². The number of halogens is 1. The first-order valence-corrected chi connectivity index (χ1v) is 9.52. The standard InChI is InChI=1S/C19H27ClN4O3/c1-12(2)17(23-18(26)14-5-3-4-6-15(14)20)19(27)22-13-7-9-24(10-8-13)11-16(21)25/h3-6,12-13,17H,7-11H2,1-2H3,(H2,21,25)(H,22,27)(H,23,26). The normalized spacial score (nSPS) is 16.7. The molecule has 0 aliphatic carbocycles. The number of nitrogens with one attached hydrogen (secondary N) is 2. The fraction of sp³-hybridized carbons (Fsp3) is 0.526. The largest absolute Gasteiger partial charge is 0.369 e. The van der Waals surface area contributed by atoms with Gasteiger partial charge in [0.2, 0.25) is 11.8 Å². The van der Waals surface area contributed by atoms with Gasteiger partial charge in [0.25, 0.3) is 5.91 Å². The second-order valence-corrected chi connectivity index (χ2v) is 7.61. The molecule has 148 valence electrons. The van der Waals surface area contributed by atoms with Gasteiger partial charge in [-0.05, 0) is 30.9 Å². The van der Waals surface area contributed by atoms with Crippen molar-refractivity contribution in [3.63, 3.8) is 0 Å². The summed E-state index contributed by atoms with van der Waals surface area (Å²) in [6, 6.07) is 6.10. The van der Waals surface area contributed by atoms with Gasteiger partial charge in [-0.2, -0.15) is 0 Å². The number of carbonyl (C=O) groups excluding carboxylic acids is 3. The number of nitrogens with zero attached hydrogens (tertiary/aromatic N) is 1. The zero-order valence-corrected chi connectivity index (χ0v) is 16.5. The molecule has 1 aromatic rings. The third kappa shape index (κ3) is 6.22. The molecule has 1 heterocycles. The smallest absolute Gasteiger partial charge is 0.253 e. The van der Waals surface area contributed by atoms with Crippen molar-refractivity contribution in [2.45, 2.75) is 38.8 Å². The molecular formula is C19H27ClN4O3. The van der Waals surface area contributed by atoms with Gasteiger partial charge in [0.1, 0.15) is 6.04 Å². The van der Waals surface area contributed by atoms with Crippen molar-refractivity contribution in [3.8, 4) is 0 Å². The zero-order valence-electron chi connectivity index (χ0n) is 15.7. The second-order valence-electron chi connectivity index (χ2n) is 7.20. The van der Waals surface area contributed by atoms with Gasteiger partial charge in [-0.3, -0.25) is 19.3 Å². The van der Waals surface area contributed by atoms with E-state index in [0.29, 0.717) is 23.7 Å². The van der Waals surface area contributed by atoms with Crippen LogP contribution in [0.5, 0.6) is 0 Å². The van der Waals surface area contributed by atoms with Crippen LogP contribution in [0.15, 0.2) is 24.3 Å². The summed E-state index contributed by atoms with van der Waals surface area (Å²) < 4.78 is 0. The maximum absolute atomic E-state index is 12.7. The van der Waals surface area contributed by atoms with Crippen LogP contribution in [0.2, 0.25) is 5.02 Å². The second kappa shape index (κ2) is 9.71. The van der Waals surface area contributed by atoms with Crippen LogP contribution in [-0.4, -0.2) is 54.3 Å². The summed E-state index contributed by atoms with van der Waals surface area (Å²) in [6.45, 7) is 5.40. The van der Waals surface area contributed by atoms with Gasteiger partial charge in [-0.15, -0.1) is 0 Å². The third-order valence-corrected chi connectivity index (χ3v) is 5.00. The lowest BCUT2D eigenvalue weighted by Crippen LogP contribution is -2.54. The lowest BCUT2D eigenvalue weighted by Gasteiger charge is -2.33. The van der Waals surface area contributed by atoms with Crippen LogP contribution < -0.4 is 16.4 Å². The number of hydrogen-bond donors (Lipinski definition) is 3. The van der Waals surface area contributed by atoms with Crippen molar-refractivity contribution in [2.75, 3.05) is 19.6 Å². The van der Waals surface area contributed by atoms with E-state index in [1.165, 1.54) is 0 Å². The fourth-order valence-electron chi connectivity index (χ4n) is 3.15. The Morgan fingerprint density at radius 1 is 1.22 bits per heavy atom. The number of amides is 3. The summed E-state index contributed by atoms with van der Waals surface area (Å²) >= 11 is 6.07. The molecule has 1 atom stereocenters. The van der Waals surface area contributed by atoms with Crippen molar-refractivity contribution in [2.24, 2.45) is 11.7 Å². The van der Waals surface area contributed by atoms with Crippen LogP contribution in [-0.2, 0) is 9.59 Å². The van der Waals surface area contributed by atoms with Crippen LogP contribution >= 0.6 is 11.6 Å². The molecule has 1 aliphatic heterocycles. The average molecular weight is 395 g/mol. The van der Waals surface area contributed by atoms with E-state index in [1.54, 1.807) is 24.3 Å². The maximum atomic E-state index is 12.7. The summed E-state index contributed by atoms with van der Waals surface area (Å²) in [4.78, 5) is 38.2. The molecule has 1 fully saturated rings. The minimum absolute atomic E-state index is 0.0140. The number of likely N-dealkylation sites (tertiary alicyclic amines) is 1. The minimum Gasteiger partial charge on any atom is -0.369 e. The van der Waals surface area contributed by atoms with E-state index in [2.05, 4.69) is 10.6 Å². The minimum atomic E-state index is -0.655. The molecule has 1 aromatic carbocycles. The van der Waals surface area contributed by atoms with E-state index in [-0.39, 0.29) is 36.2 Å². The van der Waals surface area contributed by atoms with Crippen LogP contribution in [0.4, 0.5) is 0 Å². The van der Waals surface area contributed by atoms with Gasteiger partial charge in [0.05, 0.1) is 17.1 Å². The Hall–Kier alpha value is -2.12. The number of carbonyl (C=O) groups is 3. The number of primary amides is 1.